The van der Waals surface area contributed by atoms with Crippen molar-refractivity contribution in [3.05, 3.63) is 65.7 Å². The third-order valence-electron chi connectivity index (χ3n) is 5.12. The van der Waals surface area contributed by atoms with Crippen molar-refractivity contribution in [3.8, 4) is 5.75 Å². The molecule has 0 aromatic heterocycles. The molecule has 2 unspecified atom stereocenters. The quantitative estimate of drug-likeness (QED) is 0.722. The lowest BCUT2D eigenvalue weighted by Crippen LogP contribution is -2.46. The van der Waals surface area contributed by atoms with Gasteiger partial charge in [0.2, 0.25) is 0 Å². The molecule has 3 rings (SSSR count). The zero-order valence-electron chi connectivity index (χ0n) is 16.4. The van der Waals surface area contributed by atoms with E-state index in [-0.39, 0.29) is 12.0 Å². The van der Waals surface area contributed by atoms with E-state index < -0.39 is 6.10 Å². The lowest BCUT2D eigenvalue weighted by Gasteiger charge is -2.35. The van der Waals surface area contributed by atoms with Crippen molar-refractivity contribution in [2.75, 3.05) is 19.7 Å². The highest BCUT2D eigenvalue weighted by molar-refractivity contribution is 5.67. The molecular weight excluding hydrogens is 354 g/mol. The number of amides is 1. The summed E-state index contributed by atoms with van der Waals surface area (Å²) in [7, 11) is 0. The standard InChI is InChI=1S/C23H29NO4/c1-2-3-15-27-23(26)24-14-13-21(22(25)16-24)19-9-11-20(12-10-19)28-17-18-7-5-4-6-8-18/h4-12,21-22,25H,2-3,13-17H2,1H3. The van der Waals surface area contributed by atoms with Gasteiger partial charge in [-0.25, -0.2) is 4.79 Å². The molecule has 0 radical (unpaired) electrons. The van der Waals surface area contributed by atoms with E-state index in [1.807, 2.05) is 54.6 Å². The summed E-state index contributed by atoms with van der Waals surface area (Å²) in [6, 6.07) is 17.9. The Labute approximate surface area is 166 Å². The second kappa shape index (κ2) is 10.1. The number of aliphatic hydroxyl groups is 1. The van der Waals surface area contributed by atoms with Gasteiger partial charge in [0.25, 0.3) is 0 Å². The number of carbonyl (C=O) groups is 1. The fourth-order valence-electron chi connectivity index (χ4n) is 3.43. The molecule has 2 atom stereocenters. The van der Waals surface area contributed by atoms with Gasteiger partial charge in [-0.3, -0.25) is 0 Å². The number of likely N-dealkylation sites (tertiary alicyclic amines) is 1. The zero-order valence-corrected chi connectivity index (χ0v) is 16.4. The average molecular weight is 383 g/mol. The van der Waals surface area contributed by atoms with Crippen LogP contribution in [-0.4, -0.2) is 41.9 Å². The number of hydrogen-bond acceptors (Lipinski definition) is 4. The monoisotopic (exact) mass is 383 g/mol. The molecule has 5 nitrogen and oxygen atoms in total. The van der Waals surface area contributed by atoms with Crippen LogP contribution < -0.4 is 4.74 Å². The Hall–Kier alpha value is -2.53. The molecule has 1 amide bonds. The van der Waals surface area contributed by atoms with Gasteiger partial charge in [-0.05, 0) is 36.1 Å². The Morgan fingerprint density at radius 2 is 1.89 bits per heavy atom. The van der Waals surface area contributed by atoms with E-state index >= 15 is 0 Å². The number of piperidine rings is 1. The van der Waals surface area contributed by atoms with Crippen molar-refractivity contribution in [1.82, 2.24) is 4.90 Å². The minimum atomic E-state index is -0.594. The molecule has 1 aliphatic heterocycles. The Morgan fingerprint density at radius 1 is 1.14 bits per heavy atom. The number of ether oxygens (including phenoxy) is 2. The van der Waals surface area contributed by atoms with Crippen LogP contribution in [0.5, 0.6) is 5.75 Å². The third kappa shape index (κ3) is 5.49. The van der Waals surface area contributed by atoms with E-state index in [2.05, 4.69) is 6.92 Å². The van der Waals surface area contributed by atoms with Crippen molar-refractivity contribution >= 4 is 6.09 Å². The van der Waals surface area contributed by atoms with Crippen molar-refractivity contribution < 1.29 is 19.4 Å². The van der Waals surface area contributed by atoms with Gasteiger partial charge >= 0.3 is 6.09 Å². The number of hydrogen-bond donors (Lipinski definition) is 1. The molecule has 0 aliphatic carbocycles. The van der Waals surface area contributed by atoms with Gasteiger partial charge < -0.3 is 19.5 Å². The van der Waals surface area contributed by atoms with Crippen LogP contribution in [0.3, 0.4) is 0 Å². The van der Waals surface area contributed by atoms with Crippen LogP contribution in [0.4, 0.5) is 4.79 Å². The minimum Gasteiger partial charge on any atom is -0.489 e. The van der Waals surface area contributed by atoms with Crippen LogP contribution in [0.15, 0.2) is 54.6 Å². The van der Waals surface area contributed by atoms with Gasteiger partial charge in [-0.1, -0.05) is 55.8 Å². The fourth-order valence-corrected chi connectivity index (χ4v) is 3.43. The van der Waals surface area contributed by atoms with Crippen molar-refractivity contribution in [1.29, 1.82) is 0 Å². The van der Waals surface area contributed by atoms with E-state index in [9.17, 15) is 9.90 Å². The smallest absolute Gasteiger partial charge is 0.409 e. The molecule has 1 fully saturated rings. The van der Waals surface area contributed by atoms with Crippen molar-refractivity contribution in [2.45, 2.75) is 44.8 Å². The molecule has 5 heteroatoms. The van der Waals surface area contributed by atoms with Crippen LogP contribution in [0.2, 0.25) is 0 Å². The molecule has 0 spiro atoms. The normalized spacial score (nSPS) is 19.3. The van der Waals surface area contributed by atoms with E-state index in [1.54, 1.807) is 4.90 Å². The van der Waals surface area contributed by atoms with Crippen LogP contribution in [0, 0.1) is 0 Å². The first-order chi connectivity index (χ1) is 13.7. The maximum Gasteiger partial charge on any atom is 0.409 e. The highest BCUT2D eigenvalue weighted by Gasteiger charge is 2.31. The van der Waals surface area contributed by atoms with Gasteiger partial charge in [0.1, 0.15) is 12.4 Å². The molecular formula is C23H29NO4. The molecule has 0 saturated carbocycles. The largest absolute Gasteiger partial charge is 0.489 e. The molecule has 2 aromatic carbocycles. The predicted molar refractivity (Wildman–Crippen MR) is 108 cm³/mol. The molecule has 1 heterocycles. The van der Waals surface area contributed by atoms with E-state index in [0.29, 0.717) is 32.7 Å². The van der Waals surface area contributed by atoms with Crippen LogP contribution in [0.25, 0.3) is 0 Å². The SMILES string of the molecule is CCCCOC(=O)N1CCC(c2ccc(OCc3ccccc3)cc2)C(O)C1. The molecule has 1 aliphatic rings. The van der Waals surface area contributed by atoms with Gasteiger partial charge in [0.15, 0.2) is 0 Å². The predicted octanol–water partition coefficient (Wildman–Crippen LogP) is 4.35. The van der Waals surface area contributed by atoms with Crippen molar-refractivity contribution in [2.24, 2.45) is 0 Å². The van der Waals surface area contributed by atoms with Crippen LogP contribution in [0.1, 0.15) is 43.2 Å². The first-order valence-electron chi connectivity index (χ1n) is 10.0. The van der Waals surface area contributed by atoms with E-state index in [4.69, 9.17) is 9.47 Å². The fraction of sp³-hybridized carbons (Fsp3) is 0.435. The third-order valence-corrected chi connectivity index (χ3v) is 5.12. The first-order valence-corrected chi connectivity index (χ1v) is 10.0. The Kier molecular flexibility index (Phi) is 7.31. The molecule has 1 saturated heterocycles. The summed E-state index contributed by atoms with van der Waals surface area (Å²) >= 11 is 0. The van der Waals surface area contributed by atoms with Gasteiger partial charge in [0.05, 0.1) is 19.3 Å². The number of β-amino-alcohol motifs (C(OH)–C–C–N with tert-alkyl or cyclic N) is 1. The second-order valence-electron chi connectivity index (χ2n) is 7.22. The van der Waals surface area contributed by atoms with Crippen molar-refractivity contribution in [3.63, 3.8) is 0 Å². The lowest BCUT2D eigenvalue weighted by molar-refractivity contribution is 0.0365. The Morgan fingerprint density at radius 3 is 2.57 bits per heavy atom. The zero-order chi connectivity index (χ0) is 19.8. The highest BCUT2D eigenvalue weighted by Crippen LogP contribution is 2.30. The topological polar surface area (TPSA) is 59.0 Å². The number of aliphatic hydroxyl groups excluding tert-OH is 1. The number of carbonyl (C=O) groups excluding carboxylic acids is 1. The highest BCUT2D eigenvalue weighted by atomic mass is 16.6. The summed E-state index contributed by atoms with van der Waals surface area (Å²) in [6.45, 7) is 3.93. The van der Waals surface area contributed by atoms with Gasteiger partial charge in [0, 0.05) is 12.5 Å². The number of unbranched alkanes of at least 4 members (excludes halogenated alkanes) is 1. The number of rotatable bonds is 7. The number of benzene rings is 2. The summed E-state index contributed by atoms with van der Waals surface area (Å²) in [5.74, 6) is 0.821. The Balaban J connectivity index is 1.51. The van der Waals surface area contributed by atoms with Gasteiger partial charge in [-0.2, -0.15) is 0 Å². The molecule has 1 N–H and O–H groups in total. The minimum absolute atomic E-state index is 0.0165. The van der Waals surface area contributed by atoms with Crippen LogP contribution >= 0.6 is 0 Å². The van der Waals surface area contributed by atoms with E-state index in [1.165, 1.54) is 0 Å². The van der Waals surface area contributed by atoms with Crippen LogP contribution in [-0.2, 0) is 11.3 Å². The maximum atomic E-state index is 12.1. The molecule has 150 valence electrons. The Bertz CT molecular complexity index is 732. The molecule has 28 heavy (non-hydrogen) atoms. The summed E-state index contributed by atoms with van der Waals surface area (Å²) in [6.07, 6.45) is 1.65. The summed E-state index contributed by atoms with van der Waals surface area (Å²) in [5.41, 5.74) is 2.19. The van der Waals surface area contributed by atoms with E-state index in [0.717, 1.165) is 29.7 Å². The first kappa shape index (κ1) is 20.2. The molecule has 0 bridgehead atoms. The summed E-state index contributed by atoms with van der Waals surface area (Å²) < 4.78 is 11.1. The number of nitrogens with zero attached hydrogens (tertiary/aromatic N) is 1. The maximum absolute atomic E-state index is 12.1. The molecule has 2 aromatic rings. The lowest BCUT2D eigenvalue weighted by atomic mass is 9.87. The van der Waals surface area contributed by atoms with Gasteiger partial charge in [-0.15, -0.1) is 0 Å². The summed E-state index contributed by atoms with van der Waals surface area (Å²) in [5, 5.41) is 10.6. The average Bonchev–Trinajstić information content (AvgIpc) is 2.73. The second-order valence-corrected chi connectivity index (χ2v) is 7.22. The summed E-state index contributed by atoms with van der Waals surface area (Å²) in [4.78, 5) is 13.7.